The quantitative estimate of drug-likeness (QED) is 0.590. The van der Waals surface area contributed by atoms with Crippen LogP contribution in [0.4, 0.5) is 0 Å². The van der Waals surface area contributed by atoms with E-state index in [9.17, 15) is 18.0 Å². The number of nitrogens with one attached hydrogen (secondary N) is 1. The van der Waals surface area contributed by atoms with Crippen molar-refractivity contribution in [2.45, 2.75) is 50.8 Å². The summed E-state index contributed by atoms with van der Waals surface area (Å²) < 4.78 is 31.7. The van der Waals surface area contributed by atoms with Gasteiger partial charge in [-0.2, -0.15) is 4.31 Å². The average molecular weight is 445 g/mol. The zero-order valence-electron chi connectivity index (χ0n) is 16.9. The topological polar surface area (TPSA) is 92.8 Å². The van der Waals surface area contributed by atoms with Gasteiger partial charge in [0.25, 0.3) is 5.91 Å². The highest BCUT2D eigenvalue weighted by atomic mass is 35.5. The fourth-order valence-corrected chi connectivity index (χ4v) is 5.40. The van der Waals surface area contributed by atoms with E-state index in [0.717, 1.165) is 12.8 Å². The Bertz CT molecular complexity index is 818. The van der Waals surface area contributed by atoms with Crippen molar-refractivity contribution in [3.8, 4) is 0 Å². The minimum Gasteiger partial charge on any atom is -0.452 e. The largest absolute Gasteiger partial charge is 0.452 e. The lowest BCUT2D eigenvalue weighted by molar-refractivity contribution is -0.124. The number of hydrogen-bond donors (Lipinski definition) is 1. The van der Waals surface area contributed by atoms with Crippen LogP contribution in [-0.4, -0.2) is 50.8 Å². The third-order valence-electron chi connectivity index (χ3n) is 5.14. The van der Waals surface area contributed by atoms with Crippen LogP contribution in [-0.2, 0) is 19.6 Å². The van der Waals surface area contributed by atoms with E-state index in [4.69, 9.17) is 16.3 Å². The molecule has 7 nitrogen and oxygen atoms in total. The van der Waals surface area contributed by atoms with Gasteiger partial charge in [0, 0.05) is 19.6 Å². The second-order valence-electron chi connectivity index (χ2n) is 7.12. The summed E-state index contributed by atoms with van der Waals surface area (Å²) in [5.74, 6) is -0.660. The Kier molecular flexibility index (Phi) is 8.92. The van der Waals surface area contributed by atoms with E-state index in [-0.39, 0.29) is 34.5 Å². The van der Waals surface area contributed by atoms with Gasteiger partial charge in [0.05, 0.1) is 10.6 Å². The number of halogens is 1. The van der Waals surface area contributed by atoms with Gasteiger partial charge >= 0.3 is 5.97 Å². The Balaban J connectivity index is 1.97. The first-order chi connectivity index (χ1) is 13.8. The van der Waals surface area contributed by atoms with Crippen molar-refractivity contribution in [3.63, 3.8) is 0 Å². The first-order valence-electron chi connectivity index (χ1n) is 10.0. The Morgan fingerprint density at radius 1 is 1.17 bits per heavy atom. The second-order valence-corrected chi connectivity index (χ2v) is 9.43. The number of nitrogens with zero attached hydrogens (tertiary/aromatic N) is 1. The third-order valence-corrected chi connectivity index (χ3v) is 7.67. The van der Waals surface area contributed by atoms with E-state index in [0.29, 0.717) is 12.5 Å². The van der Waals surface area contributed by atoms with Gasteiger partial charge in [0.1, 0.15) is 4.90 Å². The number of amides is 1. The normalized spacial score (nSPS) is 15.3. The molecular weight excluding hydrogens is 416 g/mol. The highest BCUT2D eigenvalue weighted by Crippen LogP contribution is 2.26. The Morgan fingerprint density at radius 2 is 1.83 bits per heavy atom. The van der Waals surface area contributed by atoms with Crippen LogP contribution in [0.1, 0.15) is 56.3 Å². The SMILES string of the molecule is CCN(CC)S(=O)(=O)c1cc(C(=O)OCC(=O)NCC2CCCCC2)ccc1Cl. The standard InChI is InChI=1S/C20H29ClN2O5S/c1-3-23(4-2)29(26,27)18-12-16(10-11-17(18)21)20(25)28-14-19(24)22-13-15-8-6-5-7-9-15/h10-12,15H,3-9,13-14H2,1-2H3,(H,22,24). The molecule has 1 aromatic carbocycles. The van der Waals surface area contributed by atoms with Crippen molar-refractivity contribution in [1.82, 2.24) is 9.62 Å². The lowest BCUT2D eigenvalue weighted by atomic mass is 9.89. The molecule has 1 aromatic rings. The first kappa shape index (κ1) is 23.6. The second kappa shape index (κ2) is 10.9. The molecule has 0 unspecified atom stereocenters. The smallest absolute Gasteiger partial charge is 0.338 e. The Hall–Kier alpha value is -1.64. The summed E-state index contributed by atoms with van der Waals surface area (Å²) in [5.41, 5.74) is 0.0280. The van der Waals surface area contributed by atoms with Gasteiger partial charge in [-0.1, -0.05) is 44.7 Å². The molecule has 2 rings (SSSR count). The van der Waals surface area contributed by atoms with Crippen LogP contribution in [0.3, 0.4) is 0 Å². The van der Waals surface area contributed by atoms with Crippen molar-refractivity contribution in [1.29, 1.82) is 0 Å². The number of carbonyl (C=O) groups is 2. The zero-order chi connectivity index (χ0) is 21.4. The average Bonchev–Trinajstić information content (AvgIpc) is 2.72. The van der Waals surface area contributed by atoms with Crippen LogP contribution in [0.15, 0.2) is 23.1 Å². The van der Waals surface area contributed by atoms with E-state index in [2.05, 4.69) is 5.32 Å². The molecule has 1 saturated carbocycles. The van der Waals surface area contributed by atoms with Gasteiger partial charge < -0.3 is 10.1 Å². The van der Waals surface area contributed by atoms with Crippen LogP contribution in [0.2, 0.25) is 5.02 Å². The third kappa shape index (κ3) is 6.42. The number of sulfonamides is 1. The number of ether oxygens (including phenoxy) is 1. The lowest BCUT2D eigenvalue weighted by Crippen LogP contribution is -2.33. The Morgan fingerprint density at radius 3 is 2.45 bits per heavy atom. The van der Waals surface area contributed by atoms with Crippen LogP contribution in [0.25, 0.3) is 0 Å². The van der Waals surface area contributed by atoms with Crippen molar-refractivity contribution in [2.75, 3.05) is 26.2 Å². The molecule has 0 aliphatic heterocycles. The van der Waals surface area contributed by atoms with Gasteiger partial charge in [0.2, 0.25) is 10.0 Å². The number of hydrogen-bond acceptors (Lipinski definition) is 5. The molecular formula is C20H29ClN2O5S. The van der Waals surface area contributed by atoms with Crippen molar-refractivity contribution >= 4 is 33.5 Å². The Labute approximate surface area is 177 Å². The van der Waals surface area contributed by atoms with Gasteiger partial charge in [-0.05, 0) is 37.0 Å². The van der Waals surface area contributed by atoms with Crippen LogP contribution in [0, 0.1) is 5.92 Å². The summed E-state index contributed by atoms with van der Waals surface area (Å²) >= 11 is 6.06. The molecule has 0 bridgehead atoms. The minimum absolute atomic E-state index is 0.0266. The highest BCUT2D eigenvalue weighted by molar-refractivity contribution is 7.89. The van der Waals surface area contributed by atoms with Gasteiger partial charge in [-0.3, -0.25) is 4.79 Å². The molecule has 1 amide bonds. The number of rotatable bonds is 9. The van der Waals surface area contributed by atoms with E-state index < -0.39 is 22.6 Å². The molecule has 0 atom stereocenters. The maximum atomic E-state index is 12.7. The summed E-state index contributed by atoms with van der Waals surface area (Å²) in [4.78, 5) is 24.1. The number of esters is 1. The molecule has 0 saturated heterocycles. The van der Waals surface area contributed by atoms with Gasteiger partial charge in [0.15, 0.2) is 6.61 Å². The van der Waals surface area contributed by atoms with E-state index in [1.807, 2.05) is 0 Å². The number of carbonyl (C=O) groups excluding carboxylic acids is 2. The summed E-state index contributed by atoms with van der Waals surface area (Å²) in [5, 5.41) is 2.82. The zero-order valence-corrected chi connectivity index (χ0v) is 18.5. The fraction of sp³-hybridized carbons (Fsp3) is 0.600. The minimum atomic E-state index is -3.83. The summed E-state index contributed by atoms with van der Waals surface area (Å²) in [6, 6.07) is 3.92. The molecule has 1 aliphatic rings. The summed E-state index contributed by atoms with van der Waals surface area (Å²) in [7, 11) is -3.83. The molecule has 9 heteroatoms. The molecule has 1 aliphatic carbocycles. The van der Waals surface area contributed by atoms with Gasteiger partial charge in [-0.25, -0.2) is 13.2 Å². The van der Waals surface area contributed by atoms with Crippen LogP contribution >= 0.6 is 11.6 Å². The highest BCUT2D eigenvalue weighted by Gasteiger charge is 2.26. The van der Waals surface area contributed by atoms with E-state index in [1.165, 1.54) is 41.8 Å². The summed E-state index contributed by atoms with van der Waals surface area (Å²) in [6.45, 7) is 4.18. The maximum Gasteiger partial charge on any atom is 0.338 e. The van der Waals surface area contributed by atoms with Gasteiger partial charge in [-0.15, -0.1) is 0 Å². The summed E-state index contributed by atoms with van der Waals surface area (Å²) in [6.07, 6.45) is 5.83. The van der Waals surface area contributed by atoms with Crippen molar-refractivity contribution in [3.05, 3.63) is 28.8 Å². The molecule has 0 heterocycles. The van der Waals surface area contributed by atoms with Crippen molar-refractivity contribution < 1.29 is 22.7 Å². The molecule has 162 valence electrons. The molecule has 1 N–H and O–H groups in total. The molecule has 0 spiro atoms. The predicted molar refractivity (Wildman–Crippen MR) is 111 cm³/mol. The first-order valence-corrected chi connectivity index (χ1v) is 11.8. The predicted octanol–water partition coefficient (Wildman–Crippen LogP) is 3.22. The van der Waals surface area contributed by atoms with Crippen molar-refractivity contribution in [2.24, 2.45) is 5.92 Å². The molecule has 0 radical (unpaired) electrons. The monoisotopic (exact) mass is 444 g/mol. The molecule has 1 fully saturated rings. The van der Waals surface area contributed by atoms with E-state index in [1.54, 1.807) is 13.8 Å². The molecule has 29 heavy (non-hydrogen) atoms. The van der Waals surface area contributed by atoms with Crippen LogP contribution < -0.4 is 5.32 Å². The number of benzene rings is 1. The van der Waals surface area contributed by atoms with E-state index >= 15 is 0 Å². The lowest BCUT2D eigenvalue weighted by Gasteiger charge is -2.21. The van der Waals surface area contributed by atoms with Crippen LogP contribution in [0.5, 0.6) is 0 Å². The fourth-order valence-electron chi connectivity index (χ4n) is 3.45. The molecule has 0 aromatic heterocycles. The maximum absolute atomic E-state index is 12.7.